The zero-order valence-electron chi connectivity index (χ0n) is 5.06. The molecule has 1 radical (unpaired) electrons. The highest BCUT2D eigenvalue weighted by atomic mass is 14.0. The minimum atomic E-state index is 1.17. The Morgan fingerprint density at radius 2 is 2.38 bits per heavy atom. The van der Waals surface area contributed by atoms with Crippen LogP contribution in [0.5, 0.6) is 0 Å². The van der Waals surface area contributed by atoms with Gasteiger partial charge in [0.25, 0.3) is 0 Å². The molecular weight excluding hydrogens is 96.1 g/mol. The van der Waals surface area contributed by atoms with Crippen molar-refractivity contribution in [2.75, 3.05) is 0 Å². The van der Waals surface area contributed by atoms with E-state index in [-0.39, 0.29) is 0 Å². The van der Waals surface area contributed by atoms with E-state index in [9.17, 15) is 0 Å². The van der Waals surface area contributed by atoms with E-state index in [4.69, 9.17) is 0 Å². The Bertz CT molecular complexity index is 118. The van der Waals surface area contributed by atoms with Crippen LogP contribution in [-0.4, -0.2) is 0 Å². The first kappa shape index (κ1) is 5.61. The fraction of sp³-hybridized carbons (Fsp3) is 0.375. The standard InChI is InChI=1S/C8H11/c1-8-6-4-2-3-5-7-8/h2,4,6H,1,3,5,7H2. The summed E-state index contributed by atoms with van der Waals surface area (Å²) < 4.78 is 0. The second kappa shape index (κ2) is 2.71. The van der Waals surface area contributed by atoms with Crippen LogP contribution in [0.4, 0.5) is 0 Å². The maximum atomic E-state index is 3.87. The molecule has 0 heteroatoms. The minimum absolute atomic E-state index is 1.17. The van der Waals surface area contributed by atoms with E-state index in [2.05, 4.69) is 25.2 Å². The van der Waals surface area contributed by atoms with Crippen molar-refractivity contribution >= 4 is 0 Å². The average molecular weight is 107 g/mol. The zero-order chi connectivity index (χ0) is 5.82. The topological polar surface area (TPSA) is 0 Å². The van der Waals surface area contributed by atoms with Crippen LogP contribution in [0.2, 0.25) is 0 Å². The van der Waals surface area contributed by atoms with E-state index in [0.717, 1.165) is 0 Å². The lowest BCUT2D eigenvalue weighted by Crippen LogP contribution is -1.72. The third-order valence-electron chi connectivity index (χ3n) is 1.34. The normalized spacial score (nSPS) is 19.9. The lowest BCUT2D eigenvalue weighted by atomic mass is 10.1. The lowest BCUT2D eigenvalue weighted by Gasteiger charge is -1.91. The number of rotatable bonds is 0. The van der Waals surface area contributed by atoms with Crippen LogP contribution < -0.4 is 0 Å². The van der Waals surface area contributed by atoms with Gasteiger partial charge in [-0.3, -0.25) is 0 Å². The Kier molecular flexibility index (Phi) is 1.90. The van der Waals surface area contributed by atoms with E-state index in [1.807, 2.05) is 0 Å². The summed E-state index contributed by atoms with van der Waals surface area (Å²) in [5.41, 5.74) is 1.26. The summed E-state index contributed by atoms with van der Waals surface area (Å²) in [6.07, 6.45) is 10.0. The Morgan fingerprint density at radius 1 is 1.50 bits per heavy atom. The molecule has 0 N–H and O–H groups in total. The van der Waals surface area contributed by atoms with Gasteiger partial charge in [-0.25, -0.2) is 0 Å². The summed E-state index contributed by atoms with van der Waals surface area (Å²) in [4.78, 5) is 0. The molecule has 0 amide bonds. The van der Waals surface area contributed by atoms with Gasteiger partial charge in [0, 0.05) is 0 Å². The van der Waals surface area contributed by atoms with Gasteiger partial charge in [0.2, 0.25) is 0 Å². The fourth-order valence-corrected chi connectivity index (χ4v) is 0.831. The van der Waals surface area contributed by atoms with Crippen LogP contribution in [0, 0.1) is 6.92 Å². The Balaban J connectivity index is 2.52. The van der Waals surface area contributed by atoms with Crippen molar-refractivity contribution in [1.82, 2.24) is 0 Å². The van der Waals surface area contributed by atoms with Crippen LogP contribution in [-0.2, 0) is 0 Å². The first-order valence-electron chi connectivity index (χ1n) is 3.07. The van der Waals surface area contributed by atoms with E-state index >= 15 is 0 Å². The van der Waals surface area contributed by atoms with Crippen LogP contribution in [0.3, 0.4) is 0 Å². The summed E-state index contributed by atoms with van der Waals surface area (Å²) >= 11 is 0. The highest BCUT2D eigenvalue weighted by Crippen LogP contribution is 2.09. The SMILES string of the molecule is [CH2]C1=CC=CCCC1. The molecule has 0 atom stereocenters. The molecule has 0 spiro atoms. The van der Waals surface area contributed by atoms with Gasteiger partial charge in [0.1, 0.15) is 0 Å². The Labute approximate surface area is 50.9 Å². The average Bonchev–Trinajstić information content (AvgIpc) is 1.94. The van der Waals surface area contributed by atoms with Crippen molar-refractivity contribution in [1.29, 1.82) is 0 Å². The molecule has 0 bridgehead atoms. The van der Waals surface area contributed by atoms with Crippen molar-refractivity contribution in [3.05, 3.63) is 30.7 Å². The largest absolute Gasteiger partial charge is 0.0845 e. The molecular formula is C8H11. The molecule has 0 saturated carbocycles. The van der Waals surface area contributed by atoms with E-state index in [1.165, 1.54) is 24.8 Å². The molecule has 0 saturated heterocycles. The Hall–Kier alpha value is -0.520. The zero-order valence-corrected chi connectivity index (χ0v) is 5.06. The second-order valence-corrected chi connectivity index (χ2v) is 2.15. The Morgan fingerprint density at radius 3 is 3.25 bits per heavy atom. The molecule has 0 fully saturated rings. The highest BCUT2D eigenvalue weighted by molar-refractivity contribution is 5.16. The molecule has 0 aromatic rings. The smallest absolute Gasteiger partial charge is 0.0280 e. The summed E-state index contributed by atoms with van der Waals surface area (Å²) in [7, 11) is 0. The lowest BCUT2D eigenvalue weighted by molar-refractivity contribution is 0.854. The van der Waals surface area contributed by atoms with Gasteiger partial charge in [-0.1, -0.05) is 23.8 Å². The van der Waals surface area contributed by atoms with Gasteiger partial charge in [-0.2, -0.15) is 0 Å². The van der Waals surface area contributed by atoms with Crippen molar-refractivity contribution in [3.8, 4) is 0 Å². The predicted molar refractivity (Wildman–Crippen MR) is 36.4 cm³/mol. The number of hydrogen-bond acceptors (Lipinski definition) is 0. The van der Waals surface area contributed by atoms with Crippen LogP contribution >= 0.6 is 0 Å². The number of hydrogen-bond donors (Lipinski definition) is 0. The molecule has 0 heterocycles. The highest BCUT2D eigenvalue weighted by Gasteiger charge is 1.90. The predicted octanol–water partition coefficient (Wildman–Crippen LogP) is 2.49. The van der Waals surface area contributed by atoms with Crippen molar-refractivity contribution < 1.29 is 0 Å². The van der Waals surface area contributed by atoms with Crippen molar-refractivity contribution in [2.45, 2.75) is 19.3 Å². The summed E-state index contributed by atoms with van der Waals surface area (Å²) in [6.45, 7) is 3.87. The van der Waals surface area contributed by atoms with Gasteiger partial charge < -0.3 is 0 Å². The third kappa shape index (κ3) is 1.53. The van der Waals surface area contributed by atoms with Crippen LogP contribution in [0.25, 0.3) is 0 Å². The minimum Gasteiger partial charge on any atom is -0.0845 e. The molecule has 1 aliphatic carbocycles. The number of allylic oxidation sites excluding steroid dienone is 4. The molecule has 0 aliphatic heterocycles. The third-order valence-corrected chi connectivity index (χ3v) is 1.34. The van der Waals surface area contributed by atoms with Crippen LogP contribution in [0.1, 0.15) is 19.3 Å². The van der Waals surface area contributed by atoms with Gasteiger partial charge in [0.05, 0.1) is 0 Å². The van der Waals surface area contributed by atoms with Gasteiger partial charge in [-0.15, -0.1) is 0 Å². The van der Waals surface area contributed by atoms with Crippen molar-refractivity contribution in [2.24, 2.45) is 0 Å². The molecule has 43 valence electrons. The van der Waals surface area contributed by atoms with E-state index < -0.39 is 0 Å². The fourth-order valence-electron chi connectivity index (χ4n) is 0.831. The first-order chi connectivity index (χ1) is 3.89. The second-order valence-electron chi connectivity index (χ2n) is 2.15. The molecule has 8 heavy (non-hydrogen) atoms. The van der Waals surface area contributed by atoms with Gasteiger partial charge >= 0.3 is 0 Å². The molecule has 0 unspecified atom stereocenters. The molecule has 1 rings (SSSR count). The van der Waals surface area contributed by atoms with Crippen molar-refractivity contribution in [3.63, 3.8) is 0 Å². The maximum absolute atomic E-state index is 3.87. The maximum Gasteiger partial charge on any atom is -0.0280 e. The molecule has 0 nitrogen and oxygen atoms in total. The first-order valence-corrected chi connectivity index (χ1v) is 3.07. The summed E-state index contributed by atoms with van der Waals surface area (Å²) in [5.74, 6) is 0. The van der Waals surface area contributed by atoms with E-state index in [0.29, 0.717) is 0 Å². The quantitative estimate of drug-likeness (QED) is 0.446. The molecule has 0 aromatic carbocycles. The molecule has 1 aliphatic rings. The van der Waals surface area contributed by atoms with Crippen LogP contribution in [0.15, 0.2) is 23.8 Å². The summed E-state index contributed by atoms with van der Waals surface area (Å²) in [5, 5.41) is 0. The molecule has 0 aromatic heterocycles. The monoisotopic (exact) mass is 107 g/mol. The summed E-state index contributed by atoms with van der Waals surface area (Å²) in [6, 6.07) is 0. The van der Waals surface area contributed by atoms with E-state index in [1.54, 1.807) is 0 Å². The van der Waals surface area contributed by atoms with Gasteiger partial charge in [0.15, 0.2) is 0 Å². The van der Waals surface area contributed by atoms with Gasteiger partial charge in [-0.05, 0) is 26.2 Å².